The van der Waals surface area contributed by atoms with Gasteiger partial charge in [0.05, 0.1) is 17.8 Å². The molecule has 0 radical (unpaired) electrons. The summed E-state index contributed by atoms with van der Waals surface area (Å²) in [6.07, 6.45) is -4.07. The van der Waals surface area contributed by atoms with E-state index in [0.29, 0.717) is 6.07 Å². The molecule has 11 heteroatoms. The molecule has 0 fully saturated rings. The van der Waals surface area contributed by atoms with Crippen LogP contribution in [0.4, 0.5) is 23.2 Å². The average Bonchev–Trinajstić information content (AvgIpc) is 2.87. The maximum atomic E-state index is 14.4. The van der Waals surface area contributed by atoms with Gasteiger partial charge in [-0.05, 0) is 12.1 Å². The zero-order chi connectivity index (χ0) is 18.5. The number of rotatable bonds is 2. The molecule has 0 saturated carbocycles. The first-order valence-electron chi connectivity index (χ1n) is 6.47. The Labute approximate surface area is 142 Å². The highest BCUT2D eigenvalue weighted by molar-refractivity contribution is 6.35. The molecule has 2 N–H and O–H groups in total. The van der Waals surface area contributed by atoms with Crippen LogP contribution < -0.4 is 15.2 Å². The van der Waals surface area contributed by atoms with Gasteiger partial charge in [0, 0.05) is 5.56 Å². The van der Waals surface area contributed by atoms with E-state index in [1.165, 1.54) is 0 Å². The summed E-state index contributed by atoms with van der Waals surface area (Å²) in [7, 11) is 1.03. The Kier molecular flexibility index (Phi) is 3.87. The van der Waals surface area contributed by atoms with Crippen molar-refractivity contribution in [3.63, 3.8) is 0 Å². The number of ether oxygens (including phenoxy) is 3. The van der Waals surface area contributed by atoms with E-state index in [0.717, 1.165) is 13.2 Å². The molecule has 1 aromatic carbocycles. The summed E-state index contributed by atoms with van der Waals surface area (Å²) in [4.78, 5) is 15.3. The van der Waals surface area contributed by atoms with Gasteiger partial charge in [0.2, 0.25) is 5.75 Å². The number of anilines is 1. The zero-order valence-corrected chi connectivity index (χ0v) is 13.0. The molecule has 132 valence electrons. The second-order valence-electron chi connectivity index (χ2n) is 4.80. The molecule has 0 unspecified atom stereocenters. The molecule has 2 heterocycles. The van der Waals surface area contributed by atoms with Gasteiger partial charge in [-0.25, -0.2) is 18.6 Å². The van der Waals surface area contributed by atoms with Crippen LogP contribution in [0.2, 0.25) is 5.02 Å². The summed E-state index contributed by atoms with van der Waals surface area (Å²) in [5.74, 6) is -4.97. The van der Waals surface area contributed by atoms with Gasteiger partial charge in [0.25, 0.3) is 0 Å². The highest BCUT2D eigenvalue weighted by Gasteiger charge is 2.45. The van der Waals surface area contributed by atoms with Crippen molar-refractivity contribution in [2.45, 2.75) is 6.29 Å². The predicted molar refractivity (Wildman–Crippen MR) is 76.6 cm³/mol. The van der Waals surface area contributed by atoms with Gasteiger partial charge in [0.15, 0.2) is 23.1 Å². The number of carbonyl (C=O) groups is 1. The standard InChI is InChI=1S/C14H7ClF4N2O4/c1-23-13(22)11-7(15)9(20)8(17)10(21-11)4-2-5(16)12-6(3-4)24-14(18,19)25-12/h2-3H,1H3,(H2,20,21). The molecule has 1 aliphatic rings. The number of halogens is 5. The largest absolute Gasteiger partial charge is 0.586 e. The summed E-state index contributed by atoms with van der Waals surface area (Å²) < 4.78 is 67.1. The second-order valence-corrected chi connectivity index (χ2v) is 5.17. The fourth-order valence-electron chi connectivity index (χ4n) is 2.13. The summed E-state index contributed by atoms with van der Waals surface area (Å²) >= 11 is 5.75. The lowest BCUT2D eigenvalue weighted by atomic mass is 10.1. The molecule has 3 rings (SSSR count). The first-order valence-corrected chi connectivity index (χ1v) is 6.85. The Balaban J connectivity index is 2.20. The normalized spacial score (nSPS) is 14.5. The number of nitrogens with zero attached hydrogens (tertiary/aromatic N) is 1. The van der Waals surface area contributed by atoms with Crippen molar-refractivity contribution in [1.29, 1.82) is 0 Å². The van der Waals surface area contributed by atoms with Gasteiger partial charge in [-0.15, -0.1) is 8.78 Å². The molecule has 0 bridgehead atoms. The fourth-order valence-corrected chi connectivity index (χ4v) is 2.33. The van der Waals surface area contributed by atoms with Crippen LogP contribution in [0.3, 0.4) is 0 Å². The van der Waals surface area contributed by atoms with Gasteiger partial charge < -0.3 is 19.9 Å². The molecular formula is C14H7ClF4N2O4. The van der Waals surface area contributed by atoms with E-state index in [9.17, 15) is 22.4 Å². The first kappa shape index (κ1) is 17.1. The highest BCUT2D eigenvalue weighted by Crippen LogP contribution is 2.45. The number of aromatic nitrogens is 1. The van der Waals surface area contributed by atoms with Gasteiger partial charge in [-0.2, -0.15) is 0 Å². The third kappa shape index (κ3) is 2.78. The third-order valence-corrected chi connectivity index (χ3v) is 3.61. The summed E-state index contributed by atoms with van der Waals surface area (Å²) in [6, 6.07) is 1.53. The molecule has 0 amide bonds. The Hall–Kier alpha value is -2.75. The maximum absolute atomic E-state index is 14.4. The van der Waals surface area contributed by atoms with Crippen molar-refractivity contribution in [2.75, 3.05) is 12.8 Å². The van der Waals surface area contributed by atoms with Crippen molar-refractivity contribution in [3.05, 3.63) is 34.5 Å². The Morgan fingerprint density at radius 2 is 2.00 bits per heavy atom. The molecule has 1 aliphatic heterocycles. The van der Waals surface area contributed by atoms with Crippen LogP contribution in [0.25, 0.3) is 11.3 Å². The number of fused-ring (bicyclic) bond motifs is 1. The second kappa shape index (κ2) is 5.66. The molecule has 1 aromatic heterocycles. The van der Waals surface area contributed by atoms with Crippen molar-refractivity contribution in [2.24, 2.45) is 0 Å². The van der Waals surface area contributed by atoms with Crippen molar-refractivity contribution < 1.29 is 36.6 Å². The molecule has 6 nitrogen and oxygen atoms in total. The monoisotopic (exact) mass is 378 g/mol. The topological polar surface area (TPSA) is 83.7 Å². The van der Waals surface area contributed by atoms with Crippen LogP contribution in [-0.2, 0) is 4.74 Å². The van der Waals surface area contributed by atoms with Crippen LogP contribution in [-0.4, -0.2) is 24.4 Å². The average molecular weight is 379 g/mol. The number of carbonyl (C=O) groups excluding carboxylic acids is 1. The number of nitrogens with two attached hydrogens (primary N) is 1. The van der Waals surface area contributed by atoms with E-state index in [4.69, 9.17) is 17.3 Å². The van der Waals surface area contributed by atoms with Crippen molar-refractivity contribution >= 4 is 23.3 Å². The van der Waals surface area contributed by atoms with E-state index in [1.807, 2.05) is 0 Å². The van der Waals surface area contributed by atoms with E-state index >= 15 is 0 Å². The van der Waals surface area contributed by atoms with Crippen LogP contribution >= 0.6 is 11.6 Å². The van der Waals surface area contributed by atoms with E-state index < -0.39 is 57.5 Å². The third-order valence-electron chi connectivity index (χ3n) is 3.22. The molecule has 0 saturated heterocycles. The molecular weight excluding hydrogens is 372 g/mol. The summed E-state index contributed by atoms with van der Waals surface area (Å²) in [5.41, 5.74) is 3.37. The molecule has 0 aliphatic carbocycles. The van der Waals surface area contributed by atoms with Crippen molar-refractivity contribution in [1.82, 2.24) is 4.98 Å². The lowest BCUT2D eigenvalue weighted by molar-refractivity contribution is -0.287. The number of nitrogen functional groups attached to an aromatic ring is 1. The maximum Gasteiger partial charge on any atom is 0.586 e. The van der Waals surface area contributed by atoms with E-state index in [-0.39, 0.29) is 5.56 Å². The number of pyridine rings is 1. The number of hydrogen-bond acceptors (Lipinski definition) is 6. The molecule has 25 heavy (non-hydrogen) atoms. The number of benzene rings is 1. The van der Waals surface area contributed by atoms with E-state index in [1.54, 1.807) is 0 Å². The minimum Gasteiger partial charge on any atom is -0.464 e. The highest BCUT2D eigenvalue weighted by atomic mass is 35.5. The molecule has 2 aromatic rings. The van der Waals surface area contributed by atoms with Crippen LogP contribution in [0.5, 0.6) is 11.5 Å². The first-order chi connectivity index (χ1) is 11.6. The smallest absolute Gasteiger partial charge is 0.464 e. The summed E-state index contributed by atoms with van der Waals surface area (Å²) in [5, 5.41) is -0.499. The van der Waals surface area contributed by atoms with Crippen molar-refractivity contribution in [3.8, 4) is 22.8 Å². The van der Waals surface area contributed by atoms with Crippen LogP contribution in [0.1, 0.15) is 10.5 Å². The molecule has 0 spiro atoms. The lowest BCUT2D eigenvalue weighted by Crippen LogP contribution is -2.26. The lowest BCUT2D eigenvalue weighted by Gasteiger charge is -2.11. The Morgan fingerprint density at radius 1 is 1.32 bits per heavy atom. The predicted octanol–water partition coefficient (Wildman–Crippen LogP) is 3.37. The Bertz CT molecular complexity index is 907. The van der Waals surface area contributed by atoms with Gasteiger partial charge in [0.1, 0.15) is 5.69 Å². The number of methoxy groups -OCH3 is 1. The Morgan fingerprint density at radius 3 is 2.64 bits per heavy atom. The van der Waals surface area contributed by atoms with Crippen LogP contribution in [0, 0.1) is 11.6 Å². The summed E-state index contributed by atoms with van der Waals surface area (Å²) in [6.45, 7) is 0. The minimum atomic E-state index is -4.07. The number of hydrogen-bond donors (Lipinski definition) is 1. The minimum absolute atomic E-state index is 0.330. The van der Waals surface area contributed by atoms with Crippen LogP contribution in [0.15, 0.2) is 12.1 Å². The zero-order valence-electron chi connectivity index (χ0n) is 12.2. The van der Waals surface area contributed by atoms with Gasteiger partial charge >= 0.3 is 12.3 Å². The van der Waals surface area contributed by atoms with Gasteiger partial charge in [-0.3, -0.25) is 0 Å². The molecule has 0 atom stereocenters. The quantitative estimate of drug-likeness (QED) is 0.637. The van der Waals surface area contributed by atoms with E-state index in [2.05, 4.69) is 19.2 Å². The van der Waals surface area contributed by atoms with Gasteiger partial charge in [-0.1, -0.05) is 11.6 Å². The fraction of sp³-hybridized carbons (Fsp3) is 0.143. The SMILES string of the molecule is COC(=O)c1nc(-c2cc(F)c3c(c2)OC(F)(F)O3)c(F)c(N)c1Cl. The number of alkyl halides is 2. The number of esters is 1.